The molecule has 2 rings (SSSR count). The lowest BCUT2D eigenvalue weighted by Gasteiger charge is -2.29. The van der Waals surface area contributed by atoms with Gasteiger partial charge in [-0.1, -0.05) is 30.7 Å². The quantitative estimate of drug-likeness (QED) is 0.797. The van der Waals surface area contributed by atoms with Crippen LogP contribution >= 0.6 is 0 Å². The van der Waals surface area contributed by atoms with Crippen molar-refractivity contribution in [1.82, 2.24) is 15.1 Å². The van der Waals surface area contributed by atoms with Crippen LogP contribution in [0.15, 0.2) is 24.3 Å². The molecule has 5 nitrogen and oxygen atoms in total. The van der Waals surface area contributed by atoms with Gasteiger partial charge in [-0.25, -0.2) is 4.79 Å². The number of aliphatic hydroxyl groups is 1. The lowest BCUT2D eigenvalue weighted by molar-refractivity contribution is 0.118. The van der Waals surface area contributed by atoms with E-state index in [1.807, 2.05) is 19.9 Å². The summed E-state index contributed by atoms with van der Waals surface area (Å²) in [4.78, 5) is 16.7. The molecule has 25 heavy (non-hydrogen) atoms. The average Bonchev–Trinajstić information content (AvgIpc) is 2.59. The summed E-state index contributed by atoms with van der Waals surface area (Å²) in [6.45, 7) is 9.78. The third-order valence-corrected chi connectivity index (χ3v) is 4.74. The molecule has 0 radical (unpaired) electrons. The van der Waals surface area contributed by atoms with Gasteiger partial charge >= 0.3 is 6.03 Å². The molecule has 1 atom stereocenters. The minimum absolute atomic E-state index is 0.0539. The maximum absolute atomic E-state index is 12.5. The van der Waals surface area contributed by atoms with Crippen LogP contribution in [0.25, 0.3) is 0 Å². The molecule has 0 saturated carbocycles. The van der Waals surface area contributed by atoms with Gasteiger partial charge in [0.2, 0.25) is 0 Å². The number of aliphatic hydroxyl groups excluding tert-OH is 1. The van der Waals surface area contributed by atoms with Gasteiger partial charge in [-0.15, -0.1) is 0 Å². The Hall–Kier alpha value is -1.59. The van der Waals surface area contributed by atoms with E-state index in [9.17, 15) is 9.90 Å². The molecule has 140 valence electrons. The van der Waals surface area contributed by atoms with Crippen LogP contribution < -0.4 is 5.32 Å². The normalized spacial score (nSPS) is 16.7. The van der Waals surface area contributed by atoms with Crippen LogP contribution in [0.1, 0.15) is 51.2 Å². The number of carbonyl (C=O) groups is 1. The van der Waals surface area contributed by atoms with Crippen molar-refractivity contribution in [3.8, 4) is 0 Å². The first-order chi connectivity index (χ1) is 12.0. The van der Waals surface area contributed by atoms with Gasteiger partial charge in [0.15, 0.2) is 0 Å². The Labute approximate surface area is 152 Å². The van der Waals surface area contributed by atoms with Gasteiger partial charge in [-0.3, -0.25) is 4.90 Å². The molecule has 1 fully saturated rings. The van der Waals surface area contributed by atoms with E-state index < -0.39 is 6.10 Å². The van der Waals surface area contributed by atoms with Gasteiger partial charge in [0.25, 0.3) is 0 Å². The summed E-state index contributed by atoms with van der Waals surface area (Å²) >= 11 is 0. The summed E-state index contributed by atoms with van der Waals surface area (Å²) < 4.78 is 0. The summed E-state index contributed by atoms with van der Waals surface area (Å²) in [5, 5.41) is 12.6. The third-order valence-electron chi connectivity index (χ3n) is 4.74. The molecule has 1 saturated heterocycles. The van der Waals surface area contributed by atoms with Crippen molar-refractivity contribution in [2.75, 3.05) is 19.6 Å². The van der Waals surface area contributed by atoms with Crippen LogP contribution in [0.5, 0.6) is 0 Å². The van der Waals surface area contributed by atoms with E-state index >= 15 is 0 Å². The highest BCUT2D eigenvalue weighted by atomic mass is 16.3. The largest absolute Gasteiger partial charge is 0.392 e. The number of piperidine rings is 1. The number of hydrogen-bond acceptors (Lipinski definition) is 3. The number of amides is 2. The van der Waals surface area contributed by atoms with Gasteiger partial charge in [-0.05, 0) is 57.8 Å². The number of urea groups is 1. The molecular formula is C20H33N3O2. The Morgan fingerprint density at radius 2 is 1.80 bits per heavy atom. The molecule has 0 spiro atoms. The maximum Gasteiger partial charge on any atom is 0.317 e. The first kappa shape index (κ1) is 19.7. The van der Waals surface area contributed by atoms with Crippen molar-refractivity contribution in [2.45, 2.75) is 65.3 Å². The van der Waals surface area contributed by atoms with Crippen molar-refractivity contribution in [2.24, 2.45) is 0 Å². The first-order valence-electron chi connectivity index (χ1n) is 9.49. The number of benzene rings is 1. The second-order valence-electron chi connectivity index (χ2n) is 7.36. The number of rotatable bonds is 7. The molecule has 1 aliphatic rings. The molecule has 5 heteroatoms. The smallest absolute Gasteiger partial charge is 0.317 e. The zero-order valence-electron chi connectivity index (χ0n) is 15.9. The van der Waals surface area contributed by atoms with Crippen molar-refractivity contribution >= 4 is 6.03 Å². The first-order valence-corrected chi connectivity index (χ1v) is 9.49. The molecular weight excluding hydrogens is 314 g/mol. The third kappa shape index (κ3) is 6.33. The fourth-order valence-corrected chi connectivity index (χ4v) is 3.33. The number of nitrogens with zero attached hydrogens (tertiary/aromatic N) is 2. The zero-order valence-corrected chi connectivity index (χ0v) is 15.9. The lowest BCUT2D eigenvalue weighted by atomic mass is 10.0. The minimum atomic E-state index is -0.528. The van der Waals surface area contributed by atoms with E-state index in [1.165, 1.54) is 30.4 Å². The predicted molar refractivity (Wildman–Crippen MR) is 101 cm³/mol. The van der Waals surface area contributed by atoms with E-state index in [1.54, 1.807) is 11.8 Å². The highest BCUT2D eigenvalue weighted by Gasteiger charge is 2.19. The zero-order chi connectivity index (χ0) is 18.2. The standard InChI is InChI=1S/C20H33N3O2/c1-16(2)23(14-17(3)24)20(25)21-13-18-9-5-6-10-19(18)15-22-11-7-4-8-12-22/h5-6,9-10,16-17,24H,4,7-8,11-15H2,1-3H3,(H,21,25). The van der Waals surface area contributed by atoms with Crippen molar-refractivity contribution in [3.63, 3.8) is 0 Å². The molecule has 0 bridgehead atoms. The van der Waals surface area contributed by atoms with E-state index in [4.69, 9.17) is 0 Å². The Balaban J connectivity index is 1.96. The highest BCUT2D eigenvalue weighted by Crippen LogP contribution is 2.16. The Bertz CT molecular complexity index is 539. The number of nitrogens with one attached hydrogen (secondary N) is 1. The van der Waals surface area contributed by atoms with Gasteiger partial charge in [0.05, 0.1) is 6.10 Å². The van der Waals surface area contributed by atoms with Crippen molar-refractivity contribution in [1.29, 1.82) is 0 Å². The lowest BCUT2D eigenvalue weighted by Crippen LogP contribution is -2.46. The maximum atomic E-state index is 12.5. The van der Waals surface area contributed by atoms with Crippen LogP contribution in [0.3, 0.4) is 0 Å². The fraction of sp³-hybridized carbons (Fsp3) is 0.650. The van der Waals surface area contributed by atoms with E-state index in [-0.39, 0.29) is 12.1 Å². The van der Waals surface area contributed by atoms with Gasteiger partial charge in [0.1, 0.15) is 0 Å². The molecule has 1 aromatic carbocycles. The van der Waals surface area contributed by atoms with Crippen molar-refractivity contribution in [3.05, 3.63) is 35.4 Å². The second kappa shape index (κ2) is 9.78. The van der Waals surface area contributed by atoms with Crippen LogP contribution in [0, 0.1) is 0 Å². The molecule has 0 aromatic heterocycles. The molecule has 2 amide bonds. The second-order valence-corrected chi connectivity index (χ2v) is 7.36. The Morgan fingerprint density at radius 3 is 2.40 bits per heavy atom. The van der Waals surface area contributed by atoms with Crippen LogP contribution in [0.4, 0.5) is 4.79 Å². The summed E-state index contributed by atoms with van der Waals surface area (Å²) in [6.07, 6.45) is 3.37. The molecule has 2 N–H and O–H groups in total. The molecule has 0 aliphatic carbocycles. The van der Waals surface area contributed by atoms with Gasteiger partial charge in [-0.2, -0.15) is 0 Å². The minimum Gasteiger partial charge on any atom is -0.392 e. The number of carbonyl (C=O) groups excluding carboxylic acids is 1. The predicted octanol–water partition coefficient (Wildman–Crippen LogP) is 2.97. The highest BCUT2D eigenvalue weighted by molar-refractivity contribution is 5.74. The number of hydrogen-bond donors (Lipinski definition) is 2. The van der Waals surface area contributed by atoms with Crippen molar-refractivity contribution < 1.29 is 9.90 Å². The van der Waals surface area contributed by atoms with Gasteiger partial charge < -0.3 is 15.3 Å². The number of likely N-dealkylation sites (tertiary alicyclic amines) is 1. The monoisotopic (exact) mass is 347 g/mol. The van der Waals surface area contributed by atoms with Gasteiger partial charge in [0, 0.05) is 25.7 Å². The summed E-state index contributed by atoms with van der Waals surface area (Å²) in [5.74, 6) is 0. The summed E-state index contributed by atoms with van der Waals surface area (Å²) in [5.41, 5.74) is 2.46. The van der Waals surface area contributed by atoms with Crippen LogP contribution in [0.2, 0.25) is 0 Å². The van der Waals surface area contributed by atoms with E-state index in [2.05, 4.69) is 28.4 Å². The fourth-order valence-electron chi connectivity index (χ4n) is 3.33. The topological polar surface area (TPSA) is 55.8 Å². The summed E-state index contributed by atoms with van der Waals surface area (Å²) in [6, 6.07) is 8.28. The summed E-state index contributed by atoms with van der Waals surface area (Å²) in [7, 11) is 0. The molecule has 1 heterocycles. The SMILES string of the molecule is CC(O)CN(C(=O)NCc1ccccc1CN1CCCCC1)C(C)C. The Morgan fingerprint density at radius 1 is 1.16 bits per heavy atom. The molecule has 1 aliphatic heterocycles. The molecule has 1 aromatic rings. The van der Waals surface area contributed by atoms with Crippen LogP contribution in [-0.2, 0) is 13.1 Å². The molecule has 1 unspecified atom stereocenters. The average molecular weight is 348 g/mol. The Kier molecular flexibility index (Phi) is 7.72. The van der Waals surface area contributed by atoms with E-state index in [0.29, 0.717) is 13.1 Å². The van der Waals surface area contributed by atoms with Crippen LogP contribution in [-0.4, -0.2) is 52.7 Å². The van der Waals surface area contributed by atoms with E-state index in [0.717, 1.165) is 19.6 Å².